The molecule has 5 nitrogen and oxygen atoms in total. The predicted molar refractivity (Wildman–Crippen MR) is 128 cm³/mol. The van der Waals surface area contributed by atoms with Crippen molar-refractivity contribution in [1.82, 2.24) is 15.0 Å². The molecular formula is C27H27N3O2. The van der Waals surface area contributed by atoms with E-state index in [0.717, 1.165) is 35.1 Å². The Morgan fingerprint density at radius 1 is 0.719 bits per heavy atom. The van der Waals surface area contributed by atoms with Crippen molar-refractivity contribution in [3.8, 4) is 45.7 Å². The third-order valence-corrected chi connectivity index (χ3v) is 5.23. The van der Waals surface area contributed by atoms with Crippen LogP contribution in [0.15, 0.2) is 66.7 Å². The number of ether oxygens (including phenoxy) is 1. The molecule has 1 N–H and O–H groups in total. The highest BCUT2D eigenvalue weighted by Gasteiger charge is 2.15. The van der Waals surface area contributed by atoms with Crippen molar-refractivity contribution in [3.63, 3.8) is 0 Å². The van der Waals surface area contributed by atoms with Crippen LogP contribution in [-0.4, -0.2) is 26.7 Å². The number of phenols is 1. The number of hydrogen-bond acceptors (Lipinski definition) is 5. The predicted octanol–water partition coefficient (Wildman–Crippen LogP) is 6.37. The SMILES string of the molecule is CCCCOc1ccc(-c2nc(-c3ccc(C)cc3)nc(-c3ccc(C)cc3)n2)c(O)c1. The maximum absolute atomic E-state index is 10.7. The molecule has 0 saturated carbocycles. The van der Waals surface area contributed by atoms with E-state index < -0.39 is 0 Å². The Balaban J connectivity index is 1.78. The van der Waals surface area contributed by atoms with E-state index in [1.54, 1.807) is 12.1 Å². The molecule has 1 aromatic heterocycles. The van der Waals surface area contributed by atoms with Gasteiger partial charge in [0.05, 0.1) is 12.2 Å². The van der Waals surface area contributed by atoms with Crippen LogP contribution in [0.25, 0.3) is 34.2 Å². The number of aromatic hydroxyl groups is 1. The molecule has 0 unspecified atom stereocenters. The first kappa shape index (κ1) is 21.5. The highest BCUT2D eigenvalue weighted by molar-refractivity contribution is 5.70. The second-order valence-electron chi connectivity index (χ2n) is 7.92. The van der Waals surface area contributed by atoms with Gasteiger partial charge in [-0.15, -0.1) is 0 Å². The van der Waals surface area contributed by atoms with Gasteiger partial charge in [0.25, 0.3) is 0 Å². The average molecular weight is 426 g/mol. The van der Waals surface area contributed by atoms with Crippen LogP contribution in [0.1, 0.15) is 30.9 Å². The molecule has 162 valence electrons. The van der Waals surface area contributed by atoms with Crippen molar-refractivity contribution in [3.05, 3.63) is 77.9 Å². The Labute approximate surface area is 188 Å². The Morgan fingerprint density at radius 2 is 1.25 bits per heavy atom. The van der Waals surface area contributed by atoms with E-state index in [4.69, 9.17) is 9.72 Å². The van der Waals surface area contributed by atoms with Crippen LogP contribution in [0.5, 0.6) is 11.5 Å². The smallest absolute Gasteiger partial charge is 0.167 e. The number of aromatic nitrogens is 3. The fourth-order valence-electron chi connectivity index (χ4n) is 3.28. The Morgan fingerprint density at radius 3 is 1.75 bits per heavy atom. The molecule has 3 aromatic carbocycles. The maximum Gasteiger partial charge on any atom is 0.167 e. The summed E-state index contributed by atoms with van der Waals surface area (Å²) >= 11 is 0. The molecule has 4 aromatic rings. The zero-order chi connectivity index (χ0) is 22.5. The van der Waals surface area contributed by atoms with E-state index in [1.807, 2.05) is 68.4 Å². The number of benzene rings is 3. The highest BCUT2D eigenvalue weighted by Crippen LogP contribution is 2.32. The molecule has 5 heteroatoms. The van der Waals surface area contributed by atoms with Crippen LogP contribution in [0, 0.1) is 13.8 Å². The van der Waals surface area contributed by atoms with Crippen LogP contribution in [0.2, 0.25) is 0 Å². The molecule has 0 spiro atoms. The fraction of sp³-hybridized carbons (Fsp3) is 0.222. The second-order valence-corrected chi connectivity index (χ2v) is 7.92. The lowest BCUT2D eigenvalue weighted by Crippen LogP contribution is -2.01. The van der Waals surface area contributed by atoms with Crippen molar-refractivity contribution in [2.75, 3.05) is 6.61 Å². The number of hydrogen-bond donors (Lipinski definition) is 1. The highest BCUT2D eigenvalue weighted by atomic mass is 16.5. The van der Waals surface area contributed by atoms with Crippen LogP contribution < -0.4 is 4.74 Å². The zero-order valence-corrected chi connectivity index (χ0v) is 18.7. The van der Waals surface area contributed by atoms with E-state index >= 15 is 0 Å². The van der Waals surface area contributed by atoms with E-state index in [0.29, 0.717) is 35.4 Å². The van der Waals surface area contributed by atoms with E-state index in [1.165, 1.54) is 0 Å². The van der Waals surface area contributed by atoms with Crippen LogP contribution in [0.4, 0.5) is 0 Å². The number of phenolic OH excluding ortho intramolecular Hbond substituents is 1. The molecule has 0 bridgehead atoms. The summed E-state index contributed by atoms with van der Waals surface area (Å²) in [7, 11) is 0. The molecule has 0 radical (unpaired) electrons. The molecular weight excluding hydrogens is 398 g/mol. The number of unbranched alkanes of at least 4 members (excludes halogenated alkanes) is 1. The third kappa shape index (κ3) is 4.94. The van der Waals surface area contributed by atoms with Gasteiger partial charge in [-0.2, -0.15) is 0 Å². The second kappa shape index (κ2) is 9.60. The normalized spacial score (nSPS) is 10.8. The van der Waals surface area contributed by atoms with Crippen LogP contribution in [0.3, 0.4) is 0 Å². The Kier molecular flexibility index (Phi) is 6.45. The first-order valence-corrected chi connectivity index (χ1v) is 10.9. The lowest BCUT2D eigenvalue weighted by atomic mass is 10.1. The zero-order valence-electron chi connectivity index (χ0n) is 18.7. The molecule has 0 saturated heterocycles. The fourth-order valence-corrected chi connectivity index (χ4v) is 3.28. The van der Waals surface area contributed by atoms with Crippen molar-refractivity contribution < 1.29 is 9.84 Å². The minimum Gasteiger partial charge on any atom is -0.507 e. The maximum atomic E-state index is 10.7. The Bertz CT molecular complexity index is 1140. The van der Waals surface area contributed by atoms with Crippen LogP contribution >= 0.6 is 0 Å². The van der Waals surface area contributed by atoms with Gasteiger partial charge in [0.15, 0.2) is 17.5 Å². The van der Waals surface area contributed by atoms with Crippen molar-refractivity contribution >= 4 is 0 Å². The summed E-state index contributed by atoms with van der Waals surface area (Å²) in [6.07, 6.45) is 2.02. The first-order valence-electron chi connectivity index (χ1n) is 10.9. The molecule has 0 aliphatic rings. The summed E-state index contributed by atoms with van der Waals surface area (Å²) in [6.45, 7) is 6.82. The van der Waals surface area contributed by atoms with Gasteiger partial charge < -0.3 is 9.84 Å². The summed E-state index contributed by atoms with van der Waals surface area (Å²) in [5, 5.41) is 10.7. The van der Waals surface area contributed by atoms with Gasteiger partial charge >= 0.3 is 0 Å². The summed E-state index contributed by atoms with van der Waals surface area (Å²) in [5.74, 6) is 2.26. The van der Waals surface area contributed by atoms with Gasteiger partial charge in [0.2, 0.25) is 0 Å². The van der Waals surface area contributed by atoms with Gasteiger partial charge in [-0.25, -0.2) is 15.0 Å². The lowest BCUT2D eigenvalue weighted by Gasteiger charge is -2.11. The van der Waals surface area contributed by atoms with Gasteiger partial charge in [0.1, 0.15) is 11.5 Å². The van der Waals surface area contributed by atoms with Crippen molar-refractivity contribution in [2.24, 2.45) is 0 Å². The van der Waals surface area contributed by atoms with Crippen molar-refractivity contribution in [1.29, 1.82) is 0 Å². The average Bonchev–Trinajstić information content (AvgIpc) is 2.80. The molecule has 0 aliphatic carbocycles. The van der Waals surface area contributed by atoms with Gasteiger partial charge in [-0.05, 0) is 32.4 Å². The molecule has 0 fully saturated rings. The summed E-state index contributed by atoms with van der Waals surface area (Å²) in [5.41, 5.74) is 4.66. The molecule has 0 aliphatic heterocycles. The van der Waals surface area contributed by atoms with Gasteiger partial charge in [0, 0.05) is 17.2 Å². The quantitative estimate of drug-likeness (QED) is 0.348. The summed E-state index contributed by atoms with van der Waals surface area (Å²) in [4.78, 5) is 14.1. The van der Waals surface area contributed by atoms with E-state index in [-0.39, 0.29) is 5.75 Å². The number of nitrogens with zero attached hydrogens (tertiary/aromatic N) is 3. The minimum absolute atomic E-state index is 0.0786. The van der Waals surface area contributed by atoms with E-state index in [2.05, 4.69) is 16.9 Å². The first-order chi connectivity index (χ1) is 15.5. The minimum atomic E-state index is 0.0786. The molecule has 0 amide bonds. The van der Waals surface area contributed by atoms with Crippen LogP contribution in [-0.2, 0) is 0 Å². The van der Waals surface area contributed by atoms with E-state index in [9.17, 15) is 5.11 Å². The lowest BCUT2D eigenvalue weighted by molar-refractivity contribution is 0.307. The standard InChI is InChI=1S/C27H27N3O2/c1-4-5-16-32-22-14-15-23(24(31)17-22)27-29-25(20-10-6-18(2)7-11-20)28-26(30-27)21-12-8-19(3)9-13-21/h6-15,17,31H,4-5,16H2,1-3H3. The monoisotopic (exact) mass is 425 g/mol. The molecule has 4 rings (SSSR count). The largest absolute Gasteiger partial charge is 0.507 e. The topological polar surface area (TPSA) is 68.1 Å². The van der Waals surface area contributed by atoms with Gasteiger partial charge in [-0.1, -0.05) is 73.0 Å². The number of rotatable bonds is 7. The molecule has 1 heterocycles. The Hall–Kier alpha value is -3.73. The number of aryl methyl sites for hydroxylation is 2. The third-order valence-electron chi connectivity index (χ3n) is 5.23. The van der Waals surface area contributed by atoms with Gasteiger partial charge in [-0.3, -0.25) is 0 Å². The summed E-state index contributed by atoms with van der Waals surface area (Å²) < 4.78 is 5.71. The molecule has 0 atom stereocenters. The molecule has 32 heavy (non-hydrogen) atoms. The summed E-state index contributed by atoms with van der Waals surface area (Å²) in [6, 6.07) is 21.4. The van der Waals surface area contributed by atoms with Crippen molar-refractivity contribution in [2.45, 2.75) is 33.6 Å².